The minimum absolute atomic E-state index is 0.0419. The van der Waals surface area contributed by atoms with Crippen molar-refractivity contribution in [1.29, 1.82) is 0 Å². The topological polar surface area (TPSA) is 49.3 Å². The van der Waals surface area contributed by atoms with Crippen LogP contribution >= 0.6 is 0 Å². The Hall–Kier alpha value is -0.710. The van der Waals surface area contributed by atoms with Crippen LogP contribution in [-0.4, -0.2) is 29.6 Å². The van der Waals surface area contributed by atoms with Gasteiger partial charge in [-0.1, -0.05) is 13.3 Å². The molecule has 2 atom stereocenters. The van der Waals surface area contributed by atoms with Gasteiger partial charge in [0.2, 0.25) is 0 Å². The molecule has 0 radical (unpaired) electrons. The standard InChI is InChI=1S/C9H15F2NO2/c1-6-3-2-4-7(6)12-5-9(10,11)8(13)14/h6-7,12H,2-5H2,1H3,(H,13,14). The lowest BCUT2D eigenvalue weighted by Crippen LogP contribution is -2.44. The molecule has 0 heterocycles. The van der Waals surface area contributed by atoms with E-state index in [0.717, 1.165) is 19.3 Å². The van der Waals surface area contributed by atoms with Gasteiger partial charge in [0, 0.05) is 6.04 Å². The summed E-state index contributed by atoms with van der Waals surface area (Å²) in [5, 5.41) is 10.8. The highest BCUT2D eigenvalue weighted by Crippen LogP contribution is 2.25. The van der Waals surface area contributed by atoms with E-state index in [1.165, 1.54) is 0 Å². The lowest BCUT2D eigenvalue weighted by Gasteiger charge is -2.19. The van der Waals surface area contributed by atoms with Gasteiger partial charge in [-0.05, 0) is 18.8 Å². The van der Waals surface area contributed by atoms with Crippen LogP contribution in [0.2, 0.25) is 0 Å². The van der Waals surface area contributed by atoms with Gasteiger partial charge in [-0.15, -0.1) is 0 Å². The van der Waals surface area contributed by atoms with Crippen LogP contribution in [0.1, 0.15) is 26.2 Å². The zero-order chi connectivity index (χ0) is 10.8. The fourth-order valence-electron chi connectivity index (χ4n) is 1.78. The molecule has 0 aromatic rings. The van der Waals surface area contributed by atoms with Gasteiger partial charge in [-0.25, -0.2) is 4.79 Å². The fourth-order valence-corrected chi connectivity index (χ4v) is 1.78. The zero-order valence-electron chi connectivity index (χ0n) is 8.09. The summed E-state index contributed by atoms with van der Waals surface area (Å²) < 4.78 is 25.3. The average molecular weight is 207 g/mol. The van der Waals surface area contributed by atoms with Crippen molar-refractivity contribution < 1.29 is 18.7 Å². The summed E-state index contributed by atoms with van der Waals surface area (Å²) in [6, 6.07) is 0.0419. The van der Waals surface area contributed by atoms with E-state index in [-0.39, 0.29) is 6.04 Å². The minimum Gasteiger partial charge on any atom is -0.477 e. The number of nitrogens with one attached hydrogen (secondary N) is 1. The molecule has 0 spiro atoms. The molecule has 0 aliphatic heterocycles. The molecular weight excluding hydrogens is 192 g/mol. The quantitative estimate of drug-likeness (QED) is 0.734. The Morgan fingerprint density at radius 2 is 2.21 bits per heavy atom. The Kier molecular flexibility index (Phi) is 3.42. The van der Waals surface area contributed by atoms with Gasteiger partial charge in [0.1, 0.15) is 0 Å². The number of hydrogen-bond donors (Lipinski definition) is 2. The smallest absolute Gasteiger partial charge is 0.375 e. The molecule has 14 heavy (non-hydrogen) atoms. The Bertz CT molecular complexity index is 221. The van der Waals surface area contributed by atoms with Gasteiger partial charge in [0.25, 0.3) is 0 Å². The number of carbonyl (C=O) groups is 1. The summed E-state index contributed by atoms with van der Waals surface area (Å²) >= 11 is 0. The molecule has 0 aromatic carbocycles. The molecular formula is C9H15F2NO2. The number of rotatable bonds is 4. The SMILES string of the molecule is CC1CCCC1NCC(F)(F)C(=O)O. The van der Waals surface area contributed by atoms with Crippen LogP contribution in [-0.2, 0) is 4.79 Å². The highest BCUT2D eigenvalue weighted by Gasteiger charge is 2.39. The van der Waals surface area contributed by atoms with E-state index < -0.39 is 18.4 Å². The van der Waals surface area contributed by atoms with Crippen molar-refractivity contribution >= 4 is 5.97 Å². The van der Waals surface area contributed by atoms with Crippen LogP contribution in [0.3, 0.4) is 0 Å². The van der Waals surface area contributed by atoms with Gasteiger partial charge in [0.05, 0.1) is 6.54 Å². The number of aliphatic carboxylic acids is 1. The predicted octanol–water partition coefficient (Wildman–Crippen LogP) is 1.48. The van der Waals surface area contributed by atoms with Crippen molar-refractivity contribution in [3.8, 4) is 0 Å². The summed E-state index contributed by atoms with van der Waals surface area (Å²) in [5.74, 6) is -5.35. The molecule has 82 valence electrons. The van der Waals surface area contributed by atoms with Crippen LogP contribution in [0.15, 0.2) is 0 Å². The molecule has 3 nitrogen and oxygen atoms in total. The highest BCUT2D eigenvalue weighted by atomic mass is 19.3. The van der Waals surface area contributed by atoms with Gasteiger partial charge >= 0.3 is 11.9 Å². The fraction of sp³-hybridized carbons (Fsp3) is 0.889. The van der Waals surface area contributed by atoms with Crippen LogP contribution < -0.4 is 5.32 Å². The van der Waals surface area contributed by atoms with Gasteiger partial charge in [-0.2, -0.15) is 8.78 Å². The molecule has 0 amide bonds. The Balaban J connectivity index is 2.36. The van der Waals surface area contributed by atoms with E-state index >= 15 is 0 Å². The number of hydrogen-bond acceptors (Lipinski definition) is 2. The molecule has 1 aliphatic carbocycles. The largest absolute Gasteiger partial charge is 0.477 e. The first kappa shape index (κ1) is 11.4. The first-order valence-electron chi connectivity index (χ1n) is 4.78. The molecule has 5 heteroatoms. The second-order valence-electron chi connectivity index (χ2n) is 3.91. The lowest BCUT2D eigenvalue weighted by atomic mass is 10.1. The van der Waals surface area contributed by atoms with Gasteiger partial charge in [0.15, 0.2) is 0 Å². The van der Waals surface area contributed by atoms with Crippen LogP contribution in [0, 0.1) is 5.92 Å². The summed E-state index contributed by atoms with van der Waals surface area (Å²) in [4.78, 5) is 10.1. The first-order chi connectivity index (χ1) is 6.43. The van der Waals surface area contributed by atoms with E-state index in [1.807, 2.05) is 6.92 Å². The molecule has 0 aromatic heterocycles. The van der Waals surface area contributed by atoms with Gasteiger partial charge in [-0.3, -0.25) is 0 Å². The summed E-state index contributed by atoms with van der Waals surface area (Å²) in [7, 11) is 0. The third-order valence-corrected chi connectivity index (χ3v) is 2.76. The molecule has 1 saturated carbocycles. The molecule has 1 rings (SSSR count). The molecule has 2 unspecified atom stereocenters. The van der Waals surface area contributed by atoms with E-state index in [2.05, 4.69) is 5.32 Å². The Labute approximate surface area is 81.5 Å². The number of carboxylic acid groups (broad SMARTS) is 1. The molecule has 0 saturated heterocycles. The second kappa shape index (κ2) is 4.21. The van der Waals surface area contributed by atoms with Crippen molar-refractivity contribution in [2.45, 2.75) is 38.2 Å². The van der Waals surface area contributed by atoms with Crippen molar-refractivity contribution in [1.82, 2.24) is 5.32 Å². The molecule has 1 fully saturated rings. The molecule has 2 N–H and O–H groups in total. The first-order valence-corrected chi connectivity index (χ1v) is 4.78. The van der Waals surface area contributed by atoms with Crippen LogP contribution in [0.25, 0.3) is 0 Å². The van der Waals surface area contributed by atoms with E-state index in [4.69, 9.17) is 5.11 Å². The maximum atomic E-state index is 12.7. The van der Waals surface area contributed by atoms with Gasteiger partial charge < -0.3 is 10.4 Å². The summed E-state index contributed by atoms with van der Waals surface area (Å²) in [6.45, 7) is 1.22. The van der Waals surface area contributed by atoms with Crippen molar-refractivity contribution in [2.75, 3.05) is 6.54 Å². The zero-order valence-corrected chi connectivity index (χ0v) is 8.09. The average Bonchev–Trinajstić information content (AvgIpc) is 2.47. The van der Waals surface area contributed by atoms with E-state index in [9.17, 15) is 13.6 Å². The molecule has 1 aliphatic rings. The number of carboxylic acids is 1. The number of halogens is 2. The summed E-state index contributed by atoms with van der Waals surface area (Å²) in [5.41, 5.74) is 0. The van der Waals surface area contributed by atoms with Crippen molar-refractivity contribution in [3.05, 3.63) is 0 Å². The van der Waals surface area contributed by atoms with Crippen LogP contribution in [0.4, 0.5) is 8.78 Å². The van der Waals surface area contributed by atoms with E-state index in [0.29, 0.717) is 5.92 Å². The predicted molar refractivity (Wildman–Crippen MR) is 47.4 cm³/mol. The normalized spacial score (nSPS) is 27.9. The van der Waals surface area contributed by atoms with Crippen molar-refractivity contribution in [3.63, 3.8) is 0 Å². The maximum absolute atomic E-state index is 12.7. The Morgan fingerprint density at radius 1 is 1.57 bits per heavy atom. The number of alkyl halides is 2. The summed E-state index contributed by atoms with van der Waals surface area (Å²) in [6.07, 6.45) is 2.91. The Morgan fingerprint density at radius 3 is 2.64 bits per heavy atom. The van der Waals surface area contributed by atoms with Crippen molar-refractivity contribution in [2.24, 2.45) is 5.92 Å². The third-order valence-electron chi connectivity index (χ3n) is 2.76. The second-order valence-corrected chi connectivity index (χ2v) is 3.91. The maximum Gasteiger partial charge on any atom is 0.375 e. The lowest BCUT2D eigenvalue weighted by molar-refractivity contribution is -0.164. The van der Waals surface area contributed by atoms with Crippen LogP contribution in [0.5, 0.6) is 0 Å². The molecule has 0 bridgehead atoms. The monoisotopic (exact) mass is 207 g/mol. The third kappa shape index (κ3) is 2.64. The highest BCUT2D eigenvalue weighted by molar-refractivity contribution is 5.75. The van der Waals surface area contributed by atoms with E-state index in [1.54, 1.807) is 0 Å². The minimum atomic E-state index is -3.65.